The Labute approximate surface area is 204 Å². The number of aromatic nitrogens is 3. The molecular weight excluding hydrogens is 478 g/mol. The summed E-state index contributed by atoms with van der Waals surface area (Å²) in [6.45, 7) is 1.28. The number of aliphatic hydroxyl groups excluding tert-OH is 1. The van der Waals surface area contributed by atoms with Crippen molar-refractivity contribution in [2.24, 2.45) is 4.99 Å². The van der Waals surface area contributed by atoms with E-state index in [-0.39, 0.29) is 13.2 Å². The molecule has 0 unspecified atom stereocenters. The Morgan fingerprint density at radius 2 is 2.06 bits per heavy atom. The molecule has 0 amide bonds. The quantitative estimate of drug-likeness (QED) is 0.363. The summed E-state index contributed by atoms with van der Waals surface area (Å²) < 4.78 is 21.2. The molecule has 0 spiro atoms. The van der Waals surface area contributed by atoms with Crippen molar-refractivity contribution in [2.45, 2.75) is 0 Å². The third kappa shape index (κ3) is 4.35. The summed E-state index contributed by atoms with van der Waals surface area (Å²) in [5.41, 5.74) is 3.46. The SMILES string of the molecule is COc1nc2c(Nc3cccc(-c4ccc5c(c4)OCCO5)c3Cl)nsc2nc1C=NCCO. The number of halogens is 1. The summed E-state index contributed by atoms with van der Waals surface area (Å²) >= 11 is 7.99. The van der Waals surface area contributed by atoms with Crippen molar-refractivity contribution < 1.29 is 19.3 Å². The number of hydrogen-bond acceptors (Lipinski definition) is 10. The summed E-state index contributed by atoms with van der Waals surface area (Å²) in [6.07, 6.45) is 1.53. The number of ether oxygens (including phenoxy) is 3. The summed E-state index contributed by atoms with van der Waals surface area (Å²) in [5, 5.41) is 12.7. The zero-order valence-electron chi connectivity index (χ0n) is 18.1. The molecule has 4 aromatic rings. The highest BCUT2D eigenvalue weighted by Gasteiger charge is 2.18. The van der Waals surface area contributed by atoms with Crippen molar-refractivity contribution in [1.82, 2.24) is 14.3 Å². The summed E-state index contributed by atoms with van der Waals surface area (Å²) in [4.78, 5) is 13.8. The van der Waals surface area contributed by atoms with Gasteiger partial charge in [0.1, 0.15) is 24.4 Å². The molecule has 0 aliphatic carbocycles. The molecule has 174 valence electrons. The first-order chi connectivity index (χ1) is 16.7. The van der Waals surface area contributed by atoms with Gasteiger partial charge in [-0.3, -0.25) is 4.99 Å². The molecule has 0 bridgehead atoms. The Kier molecular flexibility index (Phi) is 6.43. The lowest BCUT2D eigenvalue weighted by atomic mass is 10.0. The van der Waals surface area contributed by atoms with Gasteiger partial charge in [-0.05, 0) is 35.3 Å². The zero-order valence-corrected chi connectivity index (χ0v) is 19.7. The lowest BCUT2D eigenvalue weighted by Gasteiger charge is -2.19. The topological polar surface area (TPSA) is 111 Å². The maximum absolute atomic E-state index is 8.93. The highest BCUT2D eigenvalue weighted by Crippen LogP contribution is 2.40. The van der Waals surface area contributed by atoms with Crippen molar-refractivity contribution in [3.05, 3.63) is 47.1 Å². The Morgan fingerprint density at radius 3 is 2.88 bits per heavy atom. The third-order valence-corrected chi connectivity index (χ3v) is 6.18. The molecule has 2 aromatic carbocycles. The molecule has 34 heavy (non-hydrogen) atoms. The van der Waals surface area contributed by atoms with E-state index in [1.54, 1.807) is 0 Å². The smallest absolute Gasteiger partial charge is 0.242 e. The molecule has 1 aliphatic heterocycles. The predicted octanol–water partition coefficient (Wildman–Crippen LogP) is 4.34. The van der Waals surface area contributed by atoms with Crippen LogP contribution in [0.25, 0.3) is 21.5 Å². The van der Waals surface area contributed by atoms with Gasteiger partial charge in [-0.2, -0.15) is 4.37 Å². The van der Waals surface area contributed by atoms with E-state index in [0.717, 1.165) is 16.9 Å². The number of benzene rings is 2. The second-order valence-corrected chi connectivity index (χ2v) is 8.34. The fraction of sp³-hybridized carbons (Fsp3) is 0.217. The van der Waals surface area contributed by atoms with Crippen LogP contribution in [0.15, 0.2) is 41.4 Å². The molecule has 9 nitrogen and oxygen atoms in total. The number of hydrogen-bond donors (Lipinski definition) is 2. The maximum Gasteiger partial charge on any atom is 0.242 e. The molecule has 5 rings (SSSR count). The molecule has 2 N–H and O–H groups in total. The van der Waals surface area contributed by atoms with E-state index in [4.69, 9.17) is 30.9 Å². The molecule has 11 heteroatoms. The number of nitrogens with one attached hydrogen (secondary N) is 1. The maximum atomic E-state index is 8.93. The number of rotatable bonds is 7. The van der Waals surface area contributed by atoms with E-state index in [9.17, 15) is 0 Å². The Morgan fingerprint density at radius 1 is 1.21 bits per heavy atom. The first kappa shape index (κ1) is 22.3. The van der Waals surface area contributed by atoms with Gasteiger partial charge < -0.3 is 24.6 Å². The fourth-order valence-electron chi connectivity index (χ4n) is 3.48. The van der Waals surface area contributed by atoms with Crippen molar-refractivity contribution >= 4 is 51.2 Å². The van der Waals surface area contributed by atoms with Gasteiger partial charge in [0.15, 0.2) is 22.1 Å². The second kappa shape index (κ2) is 9.80. The zero-order chi connectivity index (χ0) is 23.5. The van der Waals surface area contributed by atoms with Gasteiger partial charge in [-0.15, -0.1) is 0 Å². The molecule has 0 saturated heterocycles. The average molecular weight is 498 g/mol. The van der Waals surface area contributed by atoms with Crippen LogP contribution in [0.5, 0.6) is 17.4 Å². The van der Waals surface area contributed by atoms with E-state index in [0.29, 0.717) is 57.4 Å². The van der Waals surface area contributed by atoms with Crippen LogP contribution in [0.4, 0.5) is 11.5 Å². The Balaban J connectivity index is 1.47. The Hall–Kier alpha value is -3.47. The monoisotopic (exact) mass is 497 g/mol. The highest BCUT2D eigenvalue weighted by molar-refractivity contribution is 7.13. The van der Waals surface area contributed by atoms with Gasteiger partial charge in [0, 0.05) is 5.56 Å². The summed E-state index contributed by atoms with van der Waals surface area (Å²) in [7, 11) is 1.51. The number of methoxy groups -OCH3 is 1. The van der Waals surface area contributed by atoms with Crippen LogP contribution in [0, 0.1) is 0 Å². The van der Waals surface area contributed by atoms with Gasteiger partial charge in [-0.1, -0.05) is 29.8 Å². The number of nitrogens with zero attached hydrogens (tertiary/aromatic N) is 4. The number of aliphatic imine (C=N–C) groups is 1. The average Bonchev–Trinajstić information content (AvgIpc) is 3.26. The fourth-order valence-corrected chi connectivity index (χ4v) is 4.44. The van der Waals surface area contributed by atoms with Crippen LogP contribution in [0.2, 0.25) is 5.02 Å². The third-order valence-electron chi connectivity index (χ3n) is 5.05. The minimum absolute atomic E-state index is 0.0464. The Bertz CT molecular complexity index is 1380. The predicted molar refractivity (Wildman–Crippen MR) is 132 cm³/mol. The molecule has 0 radical (unpaired) electrons. The van der Waals surface area contributed by atoms with Crippen LogP contribution in [-0.4, -0.2) is 59.1 Å². The van der Waals surface area contributed by atoms with Gasteiger partial charge in [-0.25, -0.2) is 9.97 Å². The first-order valence-corrected chi connectivity index (χ1v) is 11.6. The number of fused-ring (bicyclic) bond motifs is 2. The van der Waals surface area contributed by atoms with Crippen LogP contribution in [0.3, 0.4) is 0 Å². The first-order valence-electron chi connectivity index (χ1n) is 10.5. The molecule has 0 saturated carbocycles. The molecule has 1 aliphatic rings. The van der Waals surface area contributed by atoms with Gasteiger partial charge in [0.05, 0.1) is 37.2 Å². The van der Waals surface area contributed by atoms with Crippen LogP contribution >= 0.6 is 23.1 Å². The van der Waals surface area contributed by atoms with Crippen molar-refractivity contribution in [3.63, 3.8) is 0 Å². The van der Waals surface area contributed by atoms with Crippen molar-refractivity contribution in [2.75, 3.05) is 38.8 Å². The van der Waals surface area contributed by atoms with Crippen LogP contribution in [-0.2, 0) is 0 Å². The molecule has 0 fully saturated rings. The summed E-state index contributed by atoms with van der Waals surface area (Å²) in [6, 6.07) is 11.5. The van der Waals surface area contributed by atoms with E-state index in [2.05, 4.69) is 24.7 Å². The van der Waals surface area contributed by atoms with E-state index in [1.165, 1.54) is 24.9 Å². The normalized spacial score (nSPS) is 12.9. The lowest BCUT2D eigenvalue weighted by Crippen LogP contribution is -2.15. The van der Waals surface area contributed by atoms with Gasteiger partial charge in [0.2, 0.25) is 5.88 Å². The van der Waals surface area contributed by atoms with Gasteiger partial charge in [0.25, 0.3) is 0 Å². The van der Waals surface area contributed by atoms with Crippen molar-refractivity contribution in [1.29, 1.82) is 0 Å². The van der Waals surface area contributed by atoms with Crippen molar-refractivity contribution in [3.8, 4) is 28.5 Å². The van der Waals surface area contributed by atoms with E-state index < -0.39 is 0 Å². The van der Waals surface area contributed by atoms with Crippen LogP contribution in [0.1, 0.15) is 5.69 Å². The summed E-state index contributed by atoms with van der Waals surface area (Å²) in [5.74, 6) is 2.26. The van der Waals surface area contributed by atoms with E-state index in [1.807, 2.05) is 36.4 Å². The largest absolute Gasteiger partial charge is 0.486 e. The minimum Gasteiger partial charge on any atom is -0.486 e. The minimum atomic E-state index is -0.0464. The number of aliphatic hydroxyl groups is 1. The molecule has 2 aromatic heterocycles. The highest BCUT2D eigenvalue weighted by atomic mass is 35.5. The standard InChI is InChI=1S/C23H20ClN5O4S/c1-31-22-16(12-25-7-8-30)27-23-20(28-22)21(29-34-23)26-15-4-2-3-14(19(15)24)13-5-6-17-18(11-13)33-10-9-32-17/h2-6,11-12,30H,7-10H2,1H3,(H,26,29). The second-order valence-electron chi connectivity index (χ2n) is 7.21. The van der Waals surface area contributed by atoms with Gasteiger partial charge >= 0.3 is 0 Å². The molecule has 0 atom stereocenters. The number of anilines is 2. The lowest BCUT2D eigenvalue weighted by molar-refractivity contribution is 0.171. The molecule has 3 heterocycles. The van der Waals surface area contributed by atoms with E-state index >= 15 is 0 Å². The van der Waals surface area contributed by atoms with Crippen LogP contribution < -0.4 is 19.5 Å². The molecular formula is C23H20ClN5O4S.